The summed E-state index contributed by atoms with van der Waals surface area (Å²) in [7, 11) is 1.67. The van der Waals surface area contributed by atoms with Crippen molar-refractivity contribution in [1.29, 1.82) is 0 Å². The zero-order chi connectivity index (χ0) is 13.0. The molecule has 1 aromatic carbocycles. The third kappa shape index (κ3) is 2.71. The van der Waals surface area contributed by atoms with Crippen LogP contribution in [0.1, 0.15) is 17.8 Å². The maximum atomic E-state index is 8.79. The smallest absolute Gasteiger partial charge is 0.121 e. The van der Waals surface area contributed by atoms with Gasteiger partial charge in [0.2, 0.25) is 0 Å². The molecule has 0 aliphatic heterocycles. The van der Waals surface area contributed by atoms with Crippen LogP contribution in [0.25, 0.3) is 11.3 Å². The fraction of sp³-hybridized carbons (Fsp3) is 0.357. The molecular formula is C14H18N2O2. The first-order valence-electron chi connectivity index (χ1n) is 6.04. The van der Waals surface area contributed by atoms with Crippen molar-refractivity contribution in [2.24, 2.45) is 0 Å². The van der Waals surface area contributed by atoms with Crippen molar-refractivity contribution >= 4 is 0 Å². The Morgan fingerprint density at radius 1 is 1.39 bits per heavy atom. The highest BCUT2D eigenvalue weighted by atomic mass is 16.5. The Bertz CT molecular complexity index is 520. The number of aliphatic hydroxyl groups excluding tert-OH is 1. The van der Waals surface area contributed by atoms with Crippen molar-refractivity contribution in [3.05, 3.63) is 35.8 Å². The normalized spacial score (nSPS) is 10.6. The van der Waals surface area contributed by atoms with Crippen LogP contribution in [0.2, 0.25) is 0 Å². The number of ether oxygens (including phenoxy) is 1. The zero-order valence-corrected chi connectivity index (χ0v) is 10.7. The second kappa shape index (κ2) is 5.69. The summed E-state index contributed by atoms with van der Waals surface area (Å²) in [6, 6.07) is 6.04. The number of rotatable bonds is 5. The van der Waals surface area contributed by atoms with E-state index in [4.69, 9.17) is 9.84 Å². The molecular weight excluding hydrogens is 228 g/mol. The van der Waals surface area contributed by atoms with Gasteiger partial charge >= 0.3 is 0 Å². The van der Waals surface area contributed by atoms with Gasteiger partial charge in [-0.2, -0.15) is 0 Å². The van der Waals surface area contributed by atoms with Crippen LogP contribution in [0.4, 0.5) is 0 Å². The van der Waals surface area contributed by atoms with Gasteiger partial charge in [0.15, 0.2) is 0 Å². The van der Waals surface area contributed by atoms with Crippen molar-refractivity contribution in [3.8, 4) is 17.0 Å². The van der Waals surface area contributed by atoms with E-state index in [1.165, 1.54) is 0 Å². The number of H-pyrrole nitrogens is 1. The molecule has 0 fully saturated rings. The molecule has 4 nitrogen and oxygen atoms in total. The topological polar surface area (TPSA) is 58.1 Å². The van der Waals surface area contributed by atoms with Crippen molar-refractivity contribution in [2.45, 2.75) is 19.8 Å². The lowest BCUT2D eigenvalue weighted by Crippen LogP contribution is -1.91. The average Bonchev–Trinajstić information content (AvgIpc) is 2.85. The van der Waals surface area contributed by atoms with E-state index in [1.807, 2.05) is 25.3 Å². The van der Waals surface area contributed by atoms with Crippen LogP contribution < -0.4 is 4.74 Å². The fourth-order valence-electron chi connectivity index (χ4n) is 1.93. The Morgan fingerprint density at radius 2 is 2.22 bits per heavy atom. The first-order valence-corrected chi connectivity index (χ1v) is 6.04. The third-order valence-electron chi connectivity index (χ3n) is 2.91. The highest BCUT2D eigenvalue weighted by Gasteiger charge is 2.05. The molecule has 4 heteroatoms. The lowest BCUT2D eigenvalue weighted by atomic mass is 10.1. The quantitative estimate of drug-likeness (QED) is 0.851. The van der Waals surface area contributed by atoms with Gasteiger partial charge < -0.3 is 14.8 Å². The van der Waals surface area contributed by atoms with Gasteiger partial charge in [0.25, 0.3) is 0 Å². The van der Waals surface area contributed by atoms with Gasteiger partial charge in [0.05, 0.1) is 19.0 Å². The molecule has 0 atom stereocenters. The predicted molar refractivity (Wildman–Crippen MR) is 70.7 cm³/mol. The van der Waals surface area contributed by atoms with Crippen molar-refractivity contribution in [1.82, 2.24) is 9.97 Å². The number of benzene rings is 1. The van der Waals surface area contributed by atoms with Crippen LogP contribution in [0.3, 0.4) is 0 Å². The molecule has 2 rings (SSSR count). The monoisotopic (exact) mass is 246 g/mol. The van der Waals surface area contributed by atoms with E-state index in [1.54, 1.807) is 7.11 Å². The Hall–Kier alpha value is -1.81. The summed E-state index contributed by atoms with van der Waals surface area (Å²) in [6.45, 7) is 2.21. The van der Waals surface area contributed by atoms with E-state index in [0.29, 0.717) is 0 Å². The standard InChI is InChI=1S/C14H18N2O2/c1-10-8-11(5-6-13(10)18-2)12-9-15-14(16-12)4-3-7-17/h5-6,8-9,17H,3-4,7H2,1-2H3,(H,15,16). The second-order valence-electron chi connectivity index (χ2n) is 4.26. The van der Waals surface area contributed by atoms with E-state index < -0.39 is 0 Å². The maximum absolute atomic E-state index is 8.79. The lowest BCUT2D eigenvalue weighted by molar-refractivity contribution is 0.287. The summed E-state index contributed by atoms with van der Waals surface area (Å²) < 4.78 is 5.24. The van der Waals surface area contributed by atoms with E-state index >= 15 is 0 Å². The summed E-state index contributed by atoms with van der Waals surface area (Å²) in [4.78, 5) is 7.57. The van der Waals surface area contributed by atoms with E-state index in [2.05, 4.69) is 16.0 Å². The van der Waals surface area contributed by atoms with Crippen LogP contribution in [-0.2, 0) is 6.42 Å². The van der Waals surface area contributed by atoms with E-state index in [0.717, 1.165) is 41.2 Å². The van der Waals surface area contributed by atoms with Gasteiger partial charge in [0, 0.05) is 18.6 Å². The largest absolute Gasteiger partial charge is 0.496 e. The third-order valence-corrected chi connectivity index (χ3v) is 2.91. The minimum Gasteiger partial charge on any atom is -0.496 e. The van der Waals surface area contributed by atoms with Crippen molar-refractivity contribution in [3.63, 3.8) is 0 Å². The van der Waals surface area contributed by atoms with Crippen LogP contribution >= 0.6 is 0 Å². The molecule has 2 N–H and O–H groups in total. The molecule has 0 spiro atoms. The number of aromatic nitrogens is 2. The fourth-order valence-corrected chi connectivity index (χ4v) is 1.93. The Balaban J connectivity index is 2.20. The summed E-state index contributed by atoms with van der Waals surface area (Å²) in [5.41, 5.74) is 3.19. The Kier molecular flexibility index (Phi) is 3.99. The van der Waals surface area contributed by atoms with Gasteiger partial charge in [-0.1, -0.05) is 0 Å². The van der Waals surface area contributed by atoms with Crippen molar-refractivity contribution in [2.75, 3.05) is 13.7 Å². The average molecular weight is 246 g/mol. The molecule has 96 valence electrons. The number of aliphatic hydroxyl groups is 1. The van der Waals surface area contributed by atoms with Crippen LogP contribution in [-0.4, -0.2) is 28.8 Å². The number of aromatic amines is 1. The van der Waals surface area contributed by atoms with E-state index in [9.17, 15) is 0 Å². The molecule has 2 aromatic rings. The summed E-state index contributed by atoms with van der Waals surface area (Å²) in [5.74, 6) is 1.80. The number of aryl methyl sites for hydroxylation is 2. The number of imidazole rings is 1. The molecule has 1 heterocycles. The molecule has 0 saturated carbocycles. The van der Waals surface area contributed by atoms with Crippen LogP contribution in [0, 0.1) is 6.92 Å². The highest BCUT2D eigenvalue weighted by molar-refractivity contribution is 5.61. The highest BCUT2D eigenvalue weighted by Crippen LogP contribution is 2.24. The van der Waals surface area contributed by atoms with Gasteiger partial charge in [0.1, 0.15) is 11.6 Å². The zero-order valence-electron chi connectivity index (χ0n) is 10.7. The van der Waals surface area contributed by atoms with Gasteiger partial charge in [-0.3, -0.25) is 0 Å². The molecule has 0 bridgehead atoms. The van der Waals surface area contributed by atoms with E-state index in [-0.39, 0.29) is 6.61 Å². The first kappa shape index (κ1) is 12.6. The molecule has 0 aliphatic carbocycles. The summed E-state index contributed by atoms with van der Waals surface area (Å²) >= 11 is 0. The molecule has 18 heavy (non-hydrogen) atoms. The van der Waals surface area contributed by atoms with Crippen molar-refractivity contribution < 1.29 is 9.84 Å². The summed E-state index contributed by atoms with van der Waals surface area (Å²) in [6.07, 6.45) is 3.33. The number of methoxy groups -OCH3 is 1. The predicted octanol–water partition coefficient (Wildman–Crippen LogP) is 2.32. The molecule has 1 aromatic heterocycles. The molecule has 0 amide bonds. The van der Waals surface area contributed by atoms with Crippen LogP contribution in [0.5, 0.6) is 5.75 Å². The SMILES string of the molecule is COc1ccc(-c2cnc(CCCO)[nH]2)cc1C. The second-order valence-corrected chi connectivity index (χ2v) is 4.26. The van der Waals surface area contributed by atoms with Gasteiger partial charge in [-0.25, -0.2) is 4.98 Å². The van der Waals surface area contributed by atoms with Gasteiger partial charge in [-0.15, -0.1) is 0 Å². The number of hydrogen-bond acceptors (Lipinski definition) is 3. The minimum atomic E-state index is 0.192. The minimum absolute atomic E-state index is 0.192. The molecule has 0 unspecified atom stereocenters. The number of hydrogen-bond donors (Lipinski definition) is 2. The lowest BCUT2D eigenvalue weighted by Gasteiger charge is -2.05. The van der Waals surface area contributed by atoms with Crippen LogP contribution in [0.15, 0.2) is 24.4 Å². The van der Waals surface area contributed by atoms with Gasteiger partial charge in [-0.05, 0) is 37.1 Å². The Morgan fingerprint density at radius 3 is 2.89 bits per heavy atom. The number of nitrogens with zero attached hydrogens (tertiary/aromatic N) is 1. The number of nitrogens with one attached hydrogen (secondary N) is 1. The molecule has 0 radical (unpaired) electrons. The first-order chi connectivity index (χ1) is 8.74. The summed E-state index contributed by atoms with van der Waals surface area (Å²) in [5, 5.41) is 8.79. The molecule has 0 saturated heterocycles. The Labute approximate surface area is 107 Å². The molecule has 0 aliphatic rings. The maximum Gasteiger partial charge on any atom is 0.121 e.